The van der Waals surface area contributed by atoms with E-state index in [4.69, 9.17) is 11.6 Å². The predicted molar refractivity (Wildman–Crippen MR) is 76.9 cm³/mol. The summed E-state index contributed by atoms with van der Waals surface area (Å²) in [5.74, 6) is 0. The maximum atomic E-state index is 6.08. The summed E-state index contributed by atoms with van der Waals surface area (Å²) in [7, 11) is 0. The van der Waals surface area contributed by atoms with Gasteiger partial charge in [-0.05, 0) is 43.4 Å². The Morgan fingerprint density at radius 1 is 1.41 bits per heavy atom. The molecular formula is C14H22ClNS. The summed E-state index contributed by atoms with van der Waals surface area (Å²) < 4.78 is 0.907. The smallest absolute Gasteiger partial charge is 0.0931 e. The fraction of sp³-hybridized carbons (Fsp3) is 0.714. The highest BCUT2D eigenvalue weighted by atomic mass is 35.5. The van der Waals surface area contributed by atoms with Gasteiger partial charge < -0.3 is 5.32 Å². The maximum absolute atomic E-state index is 6.08. The van der Waals surface area contributed by atoms with E-state index in [0.29, 0.717) is 11.5 Å². The van der Waals surface area contributed by atoms with E-state index in [1.165, 1.54) is 37.0 Å². The van der Waals surface area contributed by atoms with Crippen LogP contribution in [-0.4, -0.2) is 6.54 Å². The van der Waals surface area contributed by atoms with Crippen LogP contribution in [0.2, 0.25) is 4.34 Å². The van der Waals surface area contributed by atoms with Crippen molar-refractivity contribution in [3.63, 3.8) is 0 Å². The monoisotopic (exact) mass is 271 g/mol. The molecule has 1 nitrogen and oxygen atoms in total. The zero-order chi connectivity index (χ0) is 12.3. The van der Waals surface area contributed by atoms with Crippen molar-refractivity contribution in [3.05, 3.63) is 21.3 Å². The molecule has 2 rings (SSSR count). The van der Waals surface area contributed by atoms with E-state index < -0.39 is 0 Å². The van der Waals surface area contributed by atoms with Crippen LogP contribution in [0.5, 0.6) is 0 Å². The molecule has 1 aliphatic carbocycles. The van der Waals surface area contributed by atoms with Crippen LogP contribution in [0, 0.1) is 5.41 Å². The molecule has 0 radical (unpaired) electrons. The summed E-state index contributed by atoms with van der Waals surface area (Å²) >= 11 is 7.82. The number of nitrogens with one attached hydrogen (secondary N) is 1. The van der Waals surface area contributed by atoms with Gasteiger partial charge in [-0.15, -0.1) is 11.3 Å². The summed E-state index contributed by atoms with van der Waals surface area (Å²) in [5, 5.41) is 3.73. The van der Waals surface area contributed by atoms with Crippen molar-refractivity contribution in [2.24, 2.45) is 5.41 Å². The van der Waals surface area contributed by atoms with Crippen LogP contribution in [0.3, 0.4) is 0 Å². The SMILES string of the molecule is CCCNC(c1ccc(Cl)s1)C1(C)CCCC1. The van der Waals surface area contributed by atoms with Crippen molar-refractivity contribution in [3.8, 4) is 0 Å². The first kappa shape index (κ1) is 13.4. The van der Waals surface area contributed by atoms with Gasteiger partial charge in [0, 0.05) is 10.9 Å². The third-order valence-corrected chi connectivity index (χ3v) is 5.22. The van der Waals surface area contributed by atoms with Gasteiger partial charge in [-0.25, -0.2) is 0 Å². The van der Waals surface area contributed by atoms with E-state index in [1.807, 2.05) is 6.07 Å². The molecule has 1 aromatic heterocycles. The molecule has 17 heavy (non-hydrogen) atoms. The molecule has 1 heterocycles. The molecule has 0 bridgehead atoms. The van der Waals surface area contributed by atoms with Crippen LogP contribution < -0.4 is 5.32 Å². The molecule has 1 unspecified atom stereocenters. The first-order valence-electron chi connectivity index (χ1n) is 6.64. The molecule has 1 fully saturated rings. The molecule has 96 valence electrons. The van der Waals surface area contributed by atoms with Gasteiger partial charge in [0.05, 0.1) is 4.34 Å². The summed E-state index contributed by atoms with van der Waals surface area (Å²) in [6.45, 7) is 5.75. The van der Waals surface area contributed by atoms with E-state index in [0.717, 1.165) is 10.9 Å². The maximum Gasteiger partial charge on any atom is 0.0931 e. The Balaban J connectivity index is 2.18. The zero-order valence-electron chi connectivity index (χ0n) is 10.8. The molecule has 3 heteroatoms. The Kier molecular flexibility index (Phi) is 4.51. The van der Waals surface area contributed by atoms with Crippen molar-refractivity contribution < 1.29 is 0 Å². The van der Waals surface area contributed by atoms with E-state index >= 15 is 0 Å². The molecule has 0 spiro atoms. The first-order chi connectivity index (χ1) is 8.15. The molecule has 1 aromatic rings. The molecule has 0 amide bonds. The Morgan fingerprint density at radius 2 is 2.12 bits per heavy atom. The van der Waals surface area contributed by atoms with Gasteiger partial charge in [0.25, 0.3) is 0 Å². The fourth-order valence-electron chi connectivity index (χ4n) is 2.93. The number of rotatable bonds is 5. The van der Waals surface area contributed by atoms with Crippen molar-refractivity contribution in [1.29, 1.82) is 0 Å². The lowest BCUT2D eigenvalue weighted by molar-refractivity contribution is 0.227. The average Bonchev–Trinajstić information content (AvgIpc) is 2.89. The van der Waals surface area contributed by atoms with Crippen LogP contribution in [0.25, 0.3) is 0 Å². The normalized spacial score (nSPS) is 20.6. The Morgan fingerprint density at radius 3 is 2.65 bits per heavy atom. The van der Waals surface area contributed by atoms with Gasteiger partial charge in [-0.2, -0.15) is 0 Å². The number of hydrogen-bond donors (Lipinski definition) is 1. The van der Waals surface area contributed by atoms with Crippen LogP contribution in [-0.2, 0) is 0 Å². The summed E-state index contributed by atoms with van der Waals surface area (Å²) in [5.41, 5.74) is 0.420. The van der Waals surface area contributed by atoms with Gasteiger partial charge in [-0.1, -0.05) is 38.3 Å². The molecule has 1 aliphatic rings. The lowest BCUT2D eigenvalue weighted by Crippen LogP contribution is -2.34. The third-order valence-electron chi connectivity index (χ3n) is 3.92. The topological polar surface area (TPSA) is 12.0 Å². The second-order valence-corrected chi connectivity index (χ2v) is 7.14. The van der Waals surface area contributed by atoms with Gasteiger partial charge >= 0.3 is 0 Å². The van der Waals surface area contributed by atoms with E-state index in [9.17, 15) is 0 Å². The number of halogens is 1. The molecular weight excluding hydrogens is 250 g/mol. The number of hydrogen-bond acceptors (Lipinski definition) is 2. The largest absolute Gasteiger partial charge is 0.309 e. The Bertz CT molecular complexity index is 355. The van der Waals surface area contributed by atoms with E-state index in [-0.39, 0.29) is 0 Å². The van der Waals surface area contributed by atoms with Crippen LogP contribution in [0.1, 0.15) is 56.9 Å². The molecule has 1 saturated carbocycles. The predicted octanol–water partition coefficient (Wildman–Crippen LogP) is 5.02. The lowest BCUT2D eigenvalue weighted by atomic mass is 9.80. The second kappa shape index (κ2) is 5.73. The highest BCUT2D eigenvalue weighted by Crippen LogP contribution is 2.48. The molecule has 1 N–H and O–H groups in total. The van der Waals surface area contributed by atoms with Gasteiger partial charge in [-0.3, -0.25) is 0 Å². The summed E-state index contributed by atoms with van der Waals surface area (Å²) in [6.07, 6.45) is 6.61. The minimum absolute atomic E-state index is 0.420. The summed E-state index contributed by atoms with van der Waals surface area (Å²) in [6, 6.07) is 4.71. The Hall–Kier alpha value is -0.0500. The average molecular weight is 272 g/mol. The van der Waals surface area contributed by atoms with E-state index in [2.05, 4.69) is 25.2 Å². The van der Waals surface area contributed by atoms with Crippen molar-refractivity contribution in [2.75, 3.05) is 6.54 Å². The van der Waals surface area contributed by atoms with Crippen LogP contribution >= 0.6 is 22.9 Å². The highest BCUT2D eigenvalue weighted by molar-refractivity contribution is 7.16. The number of thiophene rings is 1. The minimum atomic E-state index is 0.420. The third kappa shape index (κ3) is 3.04. The Labute approximate surface area is 114 Å². The minimum Gasteiger partial charge on any atom is -0.309 e. The second-order valence-electron chi connectivity index (χ2n) is 5.39. The quantitative estimate of drug-likeness (QED) is 0.793. The molecule has 0 aromatic carbocycles. The summed E-state index contributed by atoms with van der Waals surface area (Å²) in [4.78, 5) is 1.41. The zero-order valence-corrected chi connectivity index (χ0v) is 12.3. The van der Waals surface area contributed by atoms with Gasteiger partial charge in [0.2, 0.25) is 0 Å². The van der Waals surface area contributed by atoms with Gasteiger partial charge in [0.15, 0.2) is 0 Å². The fourth-order valence-corrected chi connectivity index (χ4v) is 4.25. The molecule has 1 atom stereocenters. The lowest BCUT2D eigenvalue weighted by Gasteiger charge is -2.34. The van der Waals surface area contributed by atoms with Crippen LogP contribution in [0.15, 0.2) is 12.1 Å². The standard InChI is InChI=1S/C14H22ClNS/c1-3-10-16-13(11-6-7-12(15)17-11)14(2)8-4-5-9-14/h6-7,13,16H,3-5,8-10H2,1-2H3. The van der Waals surface area contributed by atoms with Crippen LogP contribution in [0.4, 0.5) is 0 Å². The molecule has 0 saturated heterocycles. The first-order valence-corrected chi connectivity index (χ1v) is 7.84. The van der Waals surface area contributed by atoms with Crippen molar-refractivity contribution in [2.45, 2.75) is 52.0 Å². The molecule has 0 aliphatic heterocycles. The van der Waals surface area contributed by atoms with Gasteiger partial charge in [0.1, 0.15) is 0 Å². The van der Waals surface area contributed by atoms with Crippen molar-refractivity contribution in [1.82, 2.24) is 5.32 Å². The van der Waals surface area contributed by atoms with E-state index in [1.54, 1.807) is 11.3 Å². The van der Waals surface area contributed by atoms with Crippen molar-refractivity contribution >= 4 is 22.9 Å². The highest BCUT2D eigenvalue weighted by Gasteiger charge is 2.38.